The molecule has 1 aromatic heterocycles. The van der Waals surface area contributed by atoms with Crippen LogP contribution in [0.15, 0.2) is 12.5 Å². The van der Waals surface area contributed by atoms with Crippen molar-refractivity contribution in [2.45, 2.75) is 31.9 Å². The average molecular weight is 318 g/mol. The van der Waals surface area contributed by atoms with Gasteiger partial charge in [-0.2, -0.15) is 13.2 Å². The van der Waals surface area contributed by atoms with E-state index in [1.54, 1.807) is 12.5 Å². The number of hydrogen-bond donors (Lipinski definition) is 2. The first-order valence-electron chi connectivity index (χ1n) is 7.45. The van der Waals surface area contributed by atoms with Crippen LogP contribution >= 0.6 is 0 Å². The molecule has 0 aliphatic carbocycles. The van der Waals surface area contributed by atoms with Crippen molar-refractivity contribution < 1.29 is 18.0 Å². The molecule has 0 radical (unpaired) electrons. The molecule has 0 aromatic carbocycles. The average Bonchev–Trinajstić information content (AvgIpc) is 2.95. The Kier molecular flexibility index (Phi) is 5.82. The van der Waals surface area contributed by atoms with Gasteiger partial charge in [0.1, 0.15) is 0 Å². The Morgan fingerprint density at radius 3 is 3.00 bits per heavy atom. The van der Waals surface area contributed by atoms with Crippen molar-refractivity contribution in [1.82, 2.24) is 20.2 Å². The third kappa shape index (κ3) is 6.05. The SMILES string of the molecule is O=C(CCc1cnc[nH]1)NCC1CCCN(CC(F)(F)F)C1. The summed E-state index contributed by atoms with van der Waals surface area (Å²) >= 11 is 0. The van der Waals surface area contributed by atoms with Crippen molar-refractivity contribution in [1.29, 1.82) is 0 Å². The van der Waals surface area contributed by atoms with Crippen LogP contribution in [-0.2, 0) is 11.2 Å². The summed E-state index contributed by atoms with van der Waals surface area (Å²) < 4.78 is 37.2. The number of likely N-dealkylation sites (tertiary alicyclic amines) is 1. The molecule has 22 heavy (non-hydrogen) atoms. The number of imidazole rings is 1. The van der Waals surface area contributed by atoms with Gasteiger partial charge in [0.2, 0.25) is 5.91 Å². The molecule has 2 rings (SSSR count). The molecule has 0 saturated carbocycles. The van der Waals surface area contributed by atoms with Crippen molar-refractivity contribution in [2.24, 2.45) is 5.92 Å². The van der Waals surface area contributed by atoms with Gasteiger partial charge in [-0.1, -0.05) is 0 Å². The van der Waals surface area contributed by atoms with Gasteiger partial charge in [-0.15, -0.1) is 0 Å². The largest absolute Gasteiger partial charge is 0.401 e. The first kappa shape index (κ1) is 16.8. The molecule has 8 heteroatoms. The lowest BCUT2D eigenvalue weighted by Crippen LogP contribution is -2.44. The van der Waals surface area contributed by atoms with E-state index in [0.717, 1.165) is 18.5 Å². The number of carbonyl (C=O) groups excluding carboxylic acids is 1. The molecular formula is C14H21F3N4O. The molecular weight excluding hydrogens is 297 g/mol. The number of halogens is 3. The number of carbonyl (C=O) groups is 1. The van der Waals surface area contributed by atoms with Crippen LogP contribution in [0.5, 0.6) is 0 Å². The van der Waals surface area contributed by atoms with Crippen molar-refractivity contribution in [3.05, 3.63) is 18.2 Å². The Labute approximate surface area is 127 Å². The van der Waals surface area contributed by atoms with Crippen LogP contribution in [0.3, 0.4) is 0 Å². The van der Waals surface area contributed by atoms with E-state index in [1.165, 1.54) is 4.90 Å². The minimum Gasteiger partial charge on any atom is -0.356 e. The predicted octanol–water partition coefficient (Wildman–Crippen LogP) is 1.73. The highest BCUT2D eigenvalue weighted by Crippen LogP contribution is 2.22. The summed E-state index contributed by atoms with van der Waals surface area (Å²) in [6, 6.07) is 0. The van der Waals surface area contributed by atoms with Crippen LogP contribution in [0, 0.1) is 5.92 Å². The van der Waals surface area contributed by atoms with Crippen molar-refractivity contribution in [3.63, 3.8) is 0 Å². The number of aromatic nitrogens is 2. The van der Waals surface area contributed by atoms with E-state index in [9.17, 15) is 18.0 Å². The zero-order chi connectivity index (χ0) is 16.0. The number of aryl methyl sites for hydroxylation is 1. The van der Waals surface area contributed by atoms with Crippen LogP contribution in [0.2, 0.25) is 0 Å². The van der Waals surface area contributed by atoms with Crippen LogP contribution in [-0.4, -0.2) is 53.1 Å². The molecule has 2 heterocycles. The lowest BCUT2D eigenvalue weighted by Gasteiger charge is -2.33. The van der Waals surface area contributed by atoms with Gasteiger partial charge in [-0.05, 0) is 31.7 Å². The van der Waals surface area contributed by atoms with Crippen molar-refractivity contribution in [2.75, 3.05) is 26.2 Å². The highest BCUT2D eigenvalue weighted by atomic mass is 19.4. The molecule has 1 fully saturated rings. The highest BCUT2D eigenvalue weighted by Gasteiger charge is 2.32. The number of piperidine rings is 1. The minimum atomic E-state index is -4.16. The predicted molar refractivity (Wildman–Crippen MR) is 75.1 cm³/mol. The van der Waals surface area contributed by atoms with Crippen LogP contribution < -0.4 is 5.32 Å². The number of H-pyrrole nitrogens is 1. The van der Waals surface area contributed by atoms with E-state index >= 15 is 0 Å². The molecule has 1 aliphatic heterocycles. The number of nitrogens with zero attached hydrogens (tertiary/aromatic N) is 2. The maximum absolute atomic E-state index is 12.4. The number of hydrogen-bond acceptors (Lipinski definition) is 3. The third-order valence-electron chi connectivity index (χ3n) is 3.77. The van der Waals surface area contributed by atoms with Gasteiger partial charge in [-0.25, -0.2) is 4.98 Å². The van der Waals surface area contributed by atoms with E-state index in [-0.39, 0.29) is 11.8 Å². The number of aromatic amines is 1. The van der Waals surface area contributed by atoms with Gasteiger partial charge in [0.05, 0.1) is 12.9 Å². The highest BCUT2D eigenvalue weighted by molar-refractivity contribution is 5.76. The zero-order valence-electron chi connectivity index (χ0n) is 12.3. The van der Waals surface area contributed by atoms with Crippen molar-refractivity contribution >= 4 is 5.91 Å². The number of amides is 1. The fourth-order valence-corrected chi connectivity index (χ4v) is 2.73. The second-order valence-electron chi connectivity index (χ2n) is 5.74. The summed E-state index contributed by atoms with van der Waals surface area (Å²) in [5.41, 5.74) is 0.893. The molecule has 0 bridgehead atoms. The van der Waals surface area contributed by atoms with Gasteiger partial charge in [0, 0.05) is 31.4 Å². The Hall–Kier alpha value is -1.57. The third-order valence-corrected chi connectivity index (χ3v) is 3.77. The van der Waals surface area contributed by atoms with Gasteiger partial charge in [0.25, 0.3) is 0 Å². The first-order valence-corrected chi connectivity index (χ1v) is 7.45. The summed E-state index contributed by atoms with van der Waals surface area (Å²) in [5.74, 6) is 0.00903. The second kappa shape index (κ2) is 7.62. The molecule has 1 aromatic rings. The number of rotatable bonds is 6. The standard InChI is InChI=1S/C14H21F3N4O/c15-14(16,17)9-21-5-1-2-11(8-21)6-19-13(22)4-3-12-7-18-10-20-12/h7,10-11H,1-6,8-9H2,(H,18,20)(H,19,22). The maximum Gasteiger partial charge on any atom is 0.401 e. The normalized spacial score (nSPS) is 20.0. The second-order valence-corrected chi connectivity index (χ2v) is 5.74. The van der Waals surface area contributed by atoms with E-state index in [4.69, 9.17) is 0 Å². The molecule has 1 atom stereocenters. The number of nitrogens with one attached hydrogen (secondary N) is 2. The fourth-order valence-electron chi connectivity index (χ4n) is 2.73. The van der Waals surface area contributed by atoms with Gasteiger partial charge in [-0.3, -0.25) is 9.69 Å². The maximum atomic E-state index is 12.4. The molecule has 0 spiro atoms. The lowest BCUT2D eigenvalue weighted by atomic mass is 9.98. The molecule has 1 saturated heterocycles. The lowest BCUT2D eigenvalue weighted by molar-refractivity contribution is -0.149. The van der Waals surface area contributed by atoms with E-state index in [1.807, 2.05) is 0 Å². The fraction of sp³-hybridized carbons (Fsp3) is 0.714. The number of alkyl halides is 3. The van der Waals surface area contributed by atoms with E-state index in [2.05, 4.69) is 15.3 Å². The summed E-state index contributed by atoms with van der Waals surface area (Å²) in [6.07, 6.45) is 1.60. The summed E-state index contributed by atoms with van der Waals surface area (Å²) in [7, 11) is 0. The molecule has 1 amide bonds. The van der Waals surface area contributed by atoms with Gasteiger partial charge >= 0.3 is 6.18 Å². The smallest absolute Gasteiger partial charge is 0.356 e. The van der Waals surface area contributed by atoms with Crippen LogP contribution in [0.25, 0.3) is 0 Å². The van der Waals surface area contributed by atoms with Crippen LogP contribution in [0.1, 0.15) is 25.0 Å². The Morgan fingerprint density at radius 2 is 2.32 bits per heavy atom. The summed E-state index contributed by atoms with van der Waals surface area (Å²) in [4.78, 5) is 20.0. The molecule has 124 valence electrons. The zero-order valence-corrected chi connectivity index (χ0v) is 12.3. The van der Waals surface area contributed by atoms with Gasteiger partial charge in [0.15, 0.2) is 0 Å². The minimum absolute atomic E-state index is 0.0810. The Balaban J connectivity index is 1.66. The Morgan fingerprint density at radius 1 is 1.50 bits per heavy atom. The van der Waals surface area contributed by atoms with Gasteiger partial charge < -0.3 is 10.3 Å². The van der Waals surface area contributed by atoms with E-state index in [0.29, 0.717) is 32.5 Å². The summed E-state index contributed by atoms with van der Waals surface area (Å²) in [6.45, 7) is 0.442. The monoisotopic (exact) mass is 318 g/mol. The summed E-state index contributed by atoms with van der Waals surface area (Å²) in [5, 5.41) is 2.82. The first-order chi connectivity index (χ1) is 10.4. The topological polar surface area (TPSA) is 61.0 Å². The Bertz CT molecular complexity index is 461. The molecule has 1 unspecified atom stereocenters. The quantitative estimate of drug-likeness (QED) is 0.840. The molecule has 5 nitrogen and oxygen atoms in total. The van der Waals surface area contributed by atoms with E-state index < -0.39 is 12.7 Å². The van der Waals surface area contributed by atoms with Crippen molar-refractivity contribution in [3.8, 4) is 0 Å². The molecule has 2 N–H and O–H groups in total. The molecule has 1 aliphatic rings. The van der Waals surface area contributed by atoms with Crippen LogP contribution in [0.4, 0.5) is 13.2 Å².